The van der Waals surface area contributed by atoms with Crippen molar-refractivity contribution in [3.05, 3.63) is 0 Å². The average Bonchev–Trinajstić information content (AvgIpc) is 2.95. The van der Waals surface area contributed by atoms with Gasteiger partial charge < -0.3 is 20.1 Å². The Morgan fingerprint density at radius 3 is 2.79 bits per heavy atom. The van der Waals surface area contributed by atoms with E-state index < -0.39 is 0 Å². The Bertz CT molecular complexity index is 174. The molecule has 4 nitrogen and oxygen atoms in total. The van der Waals surface area contributed by atoms with E-state index in [0.29, 0.717) is 25.9 Å². The molecule has 0 unspecified atom stereocenters. The van der Waals surface area contributed by atoms with Gasteiger partial charge in [0.25, 0.3) is 0 Å². The van der Waals surface area contributed by atoms with Gasteiger partial charge in [-0.3, -0.25) is 0 Å². The maximum atomic E-state index is 5.27. The molecule has 0 spiro atoms. The molecule has 1 aliphatic rings. The molecule has 0 amide bonds. The summed E-state index contributed by atoms with van der Waals surface area (Å²) in [4.78, 5) is 0. The lowest BCUT2D eigenvalue weighted by atomic mass is 10.6. The minimum Gasteiger partial charge on any atom is -0.382 e. The van der Waals surface area contributed by atoms with Crippen LogP contribution in [0, 0.1) is 0 Å². The minimum absolute atomic E-state index is 0.615. The summed E-state index contributed by atoms with van der Waals surface area (Å²) < 4.78 is 10.1. The molecule has 0 atom stereocenters. The van der Waals surface area contributed by atoms with Crippen LogP contribution in [-0.4, -0.2) is 44.6 Å². The standard InChI is InChI=1S/C9H18N2O2S/c1-12-6-7-13-5-4-10-9(14)11-8-2-3-8/h8H,2-7H2,1H3,(H2,10,11,14). The summed E-state index contributed by atoms with van der Waals surface area (Å²) in [6, 6.07) is 0.615. The summed E-state index contributed by atoms with van der Waals surface area (Å²) in [5.74, 6) is 0. The fraction of sp³-hybridized carbons (Fsp3) is 0.889. The van der Waals surface area contributed by atoms with Crippen molar-refractivity contribution in [2.75, 3.05) is 33.5 Å². The van der Waals surface area contributed by atoms with Crippen LogP contribution in [-0.2, 0) is 9.47 Å². The third-order valence-corrected chi connectivity index (χ3v) is 2.14. The van der Waals surface area contributed by atoms with Crippen LogP contribution in [0.1, 0.15) is 12.8 Å². The van der Waals surface area contributed by atoms with Gasteiger partial charge in [-0.25, -0.2) is 0 Å². The lowest BCUT2D eigenvalue weighted by Crippen LogP contribution is -2.38. The highest BCUT2D eigenvalue weighted by Crippen LogP contribution is 2.18. The van der Waals surface area contributed by atoms with E-state index in [-0.39, 0.29) is 0 Å². The highest BCUT2D eigenvalue weighted by atomic mass is 32.1. The molecular weight excluding hydrogens is 200 g/mol. The first-order valence-electron chi connectivity index (χ1n) is 4.94. The van der Waals surface area contributed by atoms with Crippen LogP contribution in [0.15, 0.2) is 0 Å². The van der Waals surface area contributed by atoms with Crippen molar-refractivity contribution in [3.8, 4) is 0 Å². The van der Waals surface area contributed by atoms with Gasteiger partial charge in [-0.15, -0.1) is 0 Å². The number of methoxy groups -OCH3 is 1. The highest BCUT2D eigenvalue weighted by molar-refractivity contribution is 7.80. The molecule has 0 aliphatic heterocycles. The van der Waals surface area contributed by atoms with E-state index in [0.717, 1.165) is 11.7 Å². The molecule has 14 heavy (non-hydrogen) atoms. The first-order valence-corrected chi connectivity index (χ1v) is 5.35. The van der Waals surface area contributed by atoms with Crippen LogP contribution in [0.2, 0.25) is 0 Å². The SMILES string of the molecule is COCCOCCNC(=S)NC1CC1. The van der Waals surface area contributed by atoms with E-state index in [1.165, 1.54) is 12.8 Å². The summed E-state index contributed by atoms with van der Waals surface area (Å²) >= 11 is 5.07. The molecule has 82 valence electrons. The molecule has 1 saturated carbocycles. The van der Waals surface area contributed by atoms with Gasteiger partial charge >= 0.3 is 0 Å². The van der Waals surface area contributed by atoms with Gasteiger partial charge in [0.15, 0.2) is 5.11 Å². The van der Waals surface area contributed by atoms with Crippen LogP contribution in [0.3, 0.4) is 0 Å². The Kier molecular flexibility index (Phi) is 5.82. The Labute approximate surface area is 90.3 Å². The van der Waals surface area contributed by atoms with Gasteiger partial charge in [0.2, 0.25) is 0 Å². The van der Waals surface area contributed by atoms with Gasteiger partial charge in [0.1, 0.15) is 0 Å². The number of nitrogens with one attached hydrogen (secondary N) is 2. The number of hydrogen-bond donors (Lipinski definition) is 2. The van der Waals surface area contributed by atoms with Crippen molar-refractivity contribution in [2.45, 2.75) is 18.9 Å². The maximum absolute atomic E-state index is 5.27. The van der Waals surface area contributed by atoms with Crippen LogP contribution in [0.5, 0.6) is 0 Å². The van der Waals surface area contributed by atoms with E-state index in [9.17, 15) is 0 Å². The first-order chi connectivity index (χ1) is 6.83. The number of ether oxygens (including phenoxy) is 2. The molecule has 1 aliphatic carbocycles. The lowest BCUT2D eigenvalue weighted by Gasteiger charge is -2.09. The molecular formula is C9H18N2O2S. The summed E-state index contributed by atoms with van der Waals surface area (Å²) in [5.41, 5.74) is 0. The first kappa shape index (κ1) is 11.7. The Hall–Kier alpha value is -0.390. The Morgan fingerprint density at radius 2 is 2.14 bits per heavy atom. The van der Waals surface area contributed by atoms with Crippen molar-refractivity contribution in [1.29, 1.82) is 0 Å². The molecule has 0 bridgehead atoms. The largest absolute Gasteiger partial charge is 0.382 e. The van der Waals surface area contributed by atoms with Crippen LogP contribution >= 0.6 is 12.2 Å². The molecule has 1 rings (SSSR count). The van der Waals surface area contributed by atoms with Crippen molar-refractivity contribution in [1.82, 2.24) is 10.6 Å². The van der Waals surface area contributed by atoms with E-state index in [4.69, 9.17) is 21.7 Å². The summed E-state index contributed by atoms with van der Waals surface area (Å²) in [5, 5.41) is 7.02. The van der Waals surface area contributed by atoms with Crippen molar-refractivity contribution < 1.29 is 9.47 Å². The molecule has 0 aromatic heterocycles. The molecule has 0 aromatic carbocycles. The van der Waals surface area contributed by atoms with Gasteiger partial charge in [0.05, 0.1) is 19.8 Å². The molecule has 0 saturated heterocycles. The second-order valence-corrected chi connectivity index (χ2v) is 3.69. The van der Waals surface area contributed by atoms with Gasteiger partial charge in [-0.2, -0.15) is 0 Å². The topological polar surface area (TPSA) is 42.5 Å². The second kappa shape index (κ2) is 6.98. The average molecular weight is 218 g/mol. The zero-order valence-electron chi connectivity index (χ0n) is 8.54. The summed E-state index contributed by atoms with van der Waals surface area (Å²) in [6.07, 6.45) is 2.48. The molecule has 0 heterocycles. The van der Waals surface area contributed by atoms with Gasteiger partial charge in [0, 0.05) is 19.7 Å². The quantitative estimate of drug-likeness (QED) is 0.474. The van der Waals surface area contributed by atoms with Gasteiger partial charge in [-0.1, -0.05) is 0 Å². The summed E-state index contributed by atoms with van der Waals surface area (Å²) in [7, 11) is 1.66. The van der Waals surface area contributed by atoms with E-state index in [2.05, 4.69) is 10.6 Å². The molecule has 0 radical (unpaired) electrons. The fourth-order valence-electron chi connectivity index (χ4n) is 0.945. The van der Waals surface area contributed by atoms with Crippen LogP contribution in [0.4, 0.5) is 0 Å². The number of rotatable bonds is 7. The maximum Gasteiger partial charge on any atom is 0.166 e. The van der Waals surface area contributed by atoms with Gasteiger partial charge in [-0.05, 0) is 25.1 Å². The predicted molar refractivity (Wildman–Crippen MR) is 59.5 cm³/mol. The highest BCUT2D eigenvalue weighted by Gasteiger charge is 2.21. The zero-order chi connectivity index (χ0) is 10.2. The van der Waals surface area contributed by atoms with Crippen molar-refractivity contribution in [3.63, 3.8) is 0 Å². The molecule has 2 N–H and O–H groups in total. The lowest BCUT2D eigenvalue weighted by molar-refractivity contribution is 0.0734. The zero-order valence-corrected chi connectivity index (χ0v) is 9.36. The Balaban J connectivity index is 1.80. The molecule has 1 fully saturated rings. The summed E-state index contributed by atoms with van der Waals surface area (Å²) in [6.45, 7) is 2.70. The number of thiocarbonyl (C=S) groups is 1. The monoisotopic (exact) mass is 218 g/mol. The van der Waals surface area contributed by atoms with Crippen LogP contribution < -0.4 is 10.6 Å². The molecule has 0 aromatic rings. The third-order valence-electron chi connectivity index (χ3n) is 1.88. The predicted octanol–water partition coefficient (Wildman–Crippen LogP) is 0.276. The minimum atomic E-state index is 0.615. The van der Waals surface area contributed by atoms with Crippen LogP contribution in [0.25, 0.3) is 0 Å². The third kappa shape index (κ3) is 6.12. The molecule has 5 heteroatoms. The Morgan fingerprint density at radius 1 is 1.36 bits per heavy atom. The van der Waals surface area contributed by atoms with E-state index in [1.54, 1.807) is 7.11 Å². The van der Waals surface area contributed by atoms with E-state index in [1.807, 2.05) is 0 Å². The van der Waals surface area contributed by atoms with E-state index >= 15 is 0 Å². The van der Waals surface area contributed by atoms with Crippen molar-refractivity contribution in [2.24, 2.45) is 0 Å². The van der Waals surface area contributed by atoms with Crippen molar-refractivity contribution >= 4 is 17.3 Å². The number of hydrogen-bond acceptors (Lipinski definition) is 3. The normalized spacial score (nSPS) is 15.2. The second-order valence-electron chi connectivity index (χ2n) is 3.28. The smallest absolute Gasteiger partial charge is 0.166 e. The fourth-order valence-corrected chi connectivity index (χ4v) is 1.21.